The predicted molar refractivity (Wildman–Crippen MR) is 130 cm³/mol. The van der Waals surface area contributed by atoms with Crippen molar-refractivity contribution in [1.29, 1.82) is 0 Å². The summed E-state index contributed by atoms with van der Waals surface area (Å²) in [6.45, 7) is 10.5. The number of nitrogens with two attached hydrogens (primary N) is 2. The molecule has 1 aromatic carbocycles. The van der Waals surface area contributed by atoms with Crippen molar-refractivity contribution in [3.63, 3.8) is 0 Å². The molecule has 0 saturated heterocycles. The smallest absolute Gasteiger partial charge is 0.333 e. The number of nitrogen functional groups attached to an aromatic ring is 2. The summed E-state index contributed by atoms with van der Waals surface area (Å²) in [7, 11) is 0. The zero-order valence-electron chi connectivity index (χ0n) is 20.1. The van der Waals surface area contributed by atoms with Gasteiger partial charge in [0.05, 0.1) is 23.6 Å². The molecule has 186 valence electrons. The van der Waals surface area contributed by atoms with Crippen molar-refractivity contribution in [2.45, 2.75) is 89.6 Å². The highest BCUT2D eigenvalue weighted by Gasteiger charge is 2.28. The first-order valence-corrected chi connectivity index (χ1v) is 11.9. The van der Waals surface area contributed by atoms with Crippen LogP contribution in [0.2, 0.25) is 0 Å². The van der Waals surface area contributed by atoms with Gasteiger partial charge in [0.15, 0.2) is 0 Å². The number of anilines is 2. The minimum atomic E-state index is -0.349. The number of rotatable bonds is 8. The Hall–Kier alpha value is -3.16. The first kappa shape index (κ1) is 25.5. The lowest BCUT2D eigenvalue weighted by molar-refractivity contribution is -0.147. The quantitative estimate of drug-likeness (QED) is 0.323. The van der Waals surface area contributed by atoms with Gasteiger partial charge in [0.1, 0.15) is 23.7 Å². The van der Waals surface area contributed by atoms with Gasteiger partial charge in [-0.2, -0.15) is 0 Å². The second-order valence-corrected chi connectivity index (χ2v) is 9.33. The number of esters is 2. The lowest BCUT2D eigenvalue weighted by Gasteiger charge is -2.30. The van der Waals surface area contributed by atoms with Crippen LogP contribution < -0.4 is 20.9 Å². The van der Waals surface area contributed by atoms with Crippen LogP contribution in [0.5, 0.6) is 11.5 Å². The standard InChI is InChI=1S/C26H36N2O6/c1-15(2)25(29)33-19-9-5-17(6-10-19)31-23-13-22(28)24(14-21(23)27)32-18-7-11-20(12-8-18)34-26(30)16(3)4/h13-14,17-20H,1,3,5-12,27-28H2,2,4H3. The third kappa shape index (κ3) is 6.92. The van der Waals surface area contributed by atoms with E-state index in [0.717, 1.165) is 51.4 Å². The van der Waals surface area contributed by atoms with E-state index in [-0.39, 0.29) is 36.4 Å². The van der Waals surface area contributed by atoms with Crippen LogP contribution in [-0.4, -0.2) is 36.4 Å². The van der Waals surface area contributed by atoms with Gasteiger partial charge in [0.2, 0.25) is 0 Å². The summed E-state index contributed by atoms with van der Waals surface area (Å²) in [4.78, 5) is 23.4. The van der Waals surface area contributed by atoms with Gasteiger partial charge in [-0.15, -0.1) is 0 Å². The monoisotopic (exact) mass is 472 g/mol. The van der Waals surface area contributed by atoms with Gasteiger partial charge in [-0.25, -0.2) is 9.59 Å². The fourth-order valence-electron chi connectivity index (χ4n) is 4.19. The molecule has 1 aromatic rings. The molecule has 8 heteroatoms. The maximum atomic E-state index is 11.7. The van der Waals surface area contributed by atoms with Crippen molar-refractivity contribution in [3.8, 4) is 11.5 Å². The molecule has 4 N–H and O–H groups in total. The molecule has 0 radical (unpaired) electrons. The Bertz CT molecular complexity index is 852. The molecule has 0 amide bonds. The van der Waals surface area contributed by atoms with Gasteiger partial charge in [-0.1, -0.05) is 13.2 Å². The molecule has 2 fully saturated rings. The van der Waals surface area contributed by atoms with E-state index >= 15 is 0 Å². The Labute approximate surface area is 201 Å². The van der Waals surface area contributed by atoms with Crippen molar-refractivity contribution in [2.24, 2.45) is 0 Å². The predicted octanol–water partition coefficient (Wildman–Crippen LogP) is 4.47. The van der Waals surface area contributed by atoms with Gasteiger partial charge in [0.25, 0.3) is 0 Å². The molecule has 2 saturated carbocycles. The minimum Gasteiger partial charge on any atom is -0.488 e. The van der Waals surface area contributed by atoms with E-state index in [9.17, 15) is 9.59 Å². The average molecular weight is 473 g/mol. The molecule has 0 atom stereocenters. The third-order valence-electron chi connectivity index (χ3n) is 6.22. The van der Waals surface area contributed by atoms with Crippen molar-refractivity contribution < 1.29 is 28.5 Å². The van der Waals surface area contributed by atoms with E-state index in [2.05, 4.69) is 13.2 Å². The van der Waals surface area contributed by atoms with Gasteiger partial charge in [0, 0.05) is 23.3 Å². The van der Waals surface area contributed by atoms with Crippen LogP contribution >= 0.6 is 0 Å². The molecule has 0 heterocycles. The highest BCUT2D eigenvalue weighted by molar-refractivity contribution is 5.87. The molecule has 0 aliphatic heterocycles. The number of benzene rings is 1. The number of carbonyl (C=O) groups excluding carboxylic acids is 2. The van der Waals surface area contributed by atoms with E-state index in [1.54, 1.807) is 26.0 Å². The molecule has 8 nitrogen and oxygen atoms in total. The molecule has 2 aliphatic carbocycles. The van der Waals surface area contributed by atoms with Crippen LogP contribution in [0.25, 0.3) is 0 Å². The largest absolute Gasteiger partial charge is 0.488 e. The second-order valence-electron chi connectivity index (χ2n) is 9.33. The zero-order valence-corrected chi connectivity index (χ0v) is 20.1. The van der Waals surface area contributed by atoms with Gasteiger partial charge < -0.3 is 30.4 Å². The van der Waals surface area contributed by atoms with Gasteiger partial charge >= 0.3 is 11.9 Å². The Morgan fingerprint density at radius 3 is 1.26 bits per heavy atom. The van der Waals surface area contributed by atoms with E-state index in [0.29, 0.717) is 34.0 Å². The SMILES string of the molecule is C=C(C)C(=O)OC1CCC(Oc2cc(N)c(OC3CCC(OC(=O)C(=C)C)CC3)cc2N)CC1. The Morgan fingerprint density at radius 1 is 0.676 bits per heavy atom. The normalized spacial score (nSPS) is 24.5. The van der Waals surface area contributed by atoms with Crippen LogP contribution in [0.1, 0.15) is 65.2 Å². The van der Waals surface area contributed by atoms with Crippen molar-refractivity contribution in [2.75, 3.05) is 11.5 Å². The number of hydrogen-bond donors (Lipinski definition) is 2. The first-order valence-electron chi connectivity index (χ1n) is 11.9. The average Bonchev–Trinajstić information content (AvgIpc) is 2.79. The molecule has 2 aliphatic rings. The summed E-state index contributed by atoms with van der Waals surface area (Å²) in [5, 5.41) is 0. The van der Waals surface area contributed by atoms with Gasteiger partial charge in [-0.05, 0) is 65.2 Å². The van der Waals surface area contributed by atoms with Crippen LogP contribution in [-0.2, 0) is 19.1 Å². The van der Waals surface area contributed by atoms with Crippen molar-refractivity contribution in [3.05, 3.63) is 36.4 Å². The highest BCUT2D eigenvalue weighted by Crippen LogP contribution is 2.37. The maximum absolute atomic E-state index is 11.7. The molecular formula is C26H36N2O6. The molecule has 3 rings (SSSR count). The summed E-state index contributed by atoms with van der Waals surface area (Å²) in [6.07, 6.45) is 5.66. The second kappa shape index (κ2) is 11.3. The number of ether oxygens (including phenoxy) is 4. The van der Waals surface area contributed by atoms with Crippen LogP contribution in [0, 0.1) is 0 Å². The number of hydrogen-bond acceptors (Lipinski definition) is 8. The molecule has 0 bridgehead atoms. The summed E-state index contributed by atoms with van der Waals surface area (Å²) >= 11 is 0. The van der Waals surface area contributed by atoms with Crippen LogP contribution in [0.3, 0.4) is 0 Å². The fraction of sp³-hybridized carbons (Fsp3) is 0.538. The minimum absolute atomic E-state index is 0.0227. The molecule has 0 aromatic heterocycles. The molecule has 0 unspecified atom stereocenters. The van der Waals surface area contributed by atoms with E-state index in [1.807, 2.05) is 0 Å². The van der Waals surface area contributed by atoms with Crippen molar-refractivity contribution in [1.82, 2.24) is 0 Å². The maximum Gasteiger partial charge on any atom is 0.333 e. The fourth-order valence-corrected chi connectivity index (χ4v) is 4.19. The van der Waals surface area contributed by atoms with Gasteiger partial charge in [-0.3, -0.25) is 0 Å². The topological polar surface area (TPSA) is 123 Å². The van der Waals surface area contributed by atoms with E-state index < -0.39 is 0 Å². The third-order valence-corrected chi connectivity index (χ3v) is 6.22. The zero-order chi connectivity index (χ0) is 24.8. The highest BCUT2D eigenvalue weighted by atomic mass is 16.5. The van der Waals surface area contributed by atoms with Crippen molar-refractivity contribution >= 4 is 23.3 Å². The first-order chi connectivity index (χ1) is 16.1. The van der Waals surface area contributed by atoms with E-state index in [4.69, 9.17) is 30.4 Å². The number of carbonyl (C=O) groups is 2. The molecule has 0 spiro atoms. The molecule has 34 heavy (non-hydrogen) atoms. The Kier molecular flexibility index (Phi) is 8.47. The summed E-state index contributed by atoms with van der Waals surface area (Å²) in [5.74, 6) is 0.363. The lowest BCUT2D eigenvalue weighted by atomic mass is 9.94. The Morgan fingerprint density at radius 2 is 0.971 bits per heavy atom. The van der Waals surface area contributed by atoms with Crippen LogP contribution in [0.15, 0.2) is 36.4 Å². The summed E-state index contributed by atoms with van der Waals surface area (Å²) < 4.78 is 23.1. The summed E-state index contributed by atoms with van der Waals surface area (Å²) in [6, 6.07) is 3.41. The molecular weight excluding hydrogens is 436 g/mol. The van der Waals surface area contributed by atoms with E-state index in [1.165, 1.54) is 0 Å². The lowest BCUT2D eigenvalue weighted by Crippen LogP contribution is -2.30. The Balaban J connectivity index is 1.49. The van der Waals surface area contributed by atoms with Crippen LogP contribution in [0.4, 0.5) is 11.4 Å². The summed E-state index contributed by atoms with van der Waals surface area (Å²) in [5.41, 5.74) is 14.2.